The van der Waals surface area contributed by atoms with Gasteiger partial charge in [-0.15, -0.1) is 0 Å². The predicted molar refractivity (Wildman–Crippen MR) is 152 cm³/mol. The molecule has 2 heterocycles. The molecule has 0 saturated heterocycles. The van der Waals surface area contributed by atoms with E-state index in [1.807, 2.05) is 54.0 Å². The van der Waals surface area contributed by atoms with Gasteiger partial charge in [0.25, 0.3) is 6.01 Å². The first kappa shape index (κ1) is 27.1. The Morgan fingerprint density at radius 3 is 2.46 bits per heavy atom. The van der Waals surface area contributed by atoms with Gasteiger partial charge in [-0.05, 0) is 42.7 Å². The zero-order chi connectivity index (χ0) is 28.8. The minimum absolute atomic E-state index is 0.00103. The van der Waals surface area contributed by atoms with Crippen LogP contribution in [0.25, 0.3) is 22.2 Å². The molecule has 0 aliphatic carbocycles. The largest absolute Gasteiger partial charge is 0.465 e. The van der Waals surface area contributed by atoms with Crippen LogP contribution in [0.3, 0.4) is 0 Å². The number of carbonyl (C=O) groups excluding carboxylic acids is 2. The maximum absolute atomic E-state index is 12.7. The second-order valence-corrected chi connectivity index (χ2v) is 8.90. The van der Waals surface area contributed by atoms with Crippen LogP contribution in [-0.4, -0.2) is 55.4 Å². The number of fused-ring (bicyclic) bond motifs is 1. The Morgan fingerprint density at radius 2 is 1.76 bits per heavy atom. The summed E-state index contributed by atoms with van der Waals surface area (Å²) < 4.78 is 14.2. The molecule has 11 nitrogen and oxygen atoms in total. The van der Waals surface area contributed by atoms with E-state index in [2.05, 4.69) is 20.4 Å². The molecule has 0 saturated carbocycles. The van der Waals surface area contributed by atoms with Gasteiger partial charge in [-0.2, -0.15) is 4.98 Å². The van der Waals surface area contributed by atoms with Gasteiger partial charge in [0.05, 0.1) is 36.4 Å². The van der Waals surface area contributed by atoms with E-state index >= 15 is 0 Å². The molecule has 5 aromatic rings. The molecule has 0 fully saturated rings. The molecule has 0 atom stereocenters. The van der Waals surface area contributed by atoms with E-state index in [1.54, 1.807) is 31.2 Å². The summed E-state index contributed by atoms with van der Waals surface area (Å²) in [6.07, 6.45) is 4.32. The van der Waals surface area contributed by atoms with Gasteiger partial charge in [0.2, 0.25) is 0 Å². The van der Waals surface area contributed by atoms with Gasteiger partial charge >= 0.3 is 12.0 Å². The highest BCUT2D eigenvalue weighted by molar-refractivity contribution is 6.11. The third-order valence-electron chi connectivity index (χ3n) is 6.35. The summed E-state index contributed by atoms with van der Waals surface area (Å²) in [5.41, 5.74) is 4.77. The van der Waals surface area contributed by atoms with Gasteiger partial charge in [-0.25, -0.2) is 14.6 Å². The summed E-state index contributed by atoms with van der Waals surface area (Å²) in [7, 11) is 0. The highest BCUT2D eigenvalue weighted by atomic mass is 16.5. The molecule has 41 heavy (non-hydrogen) atoms. The average Bonchev–Trinajstić information content (AvgIpc) is 3.66. The lowest BCUT2D eigenvalue weighted by molar-refractivity contribution is 0.0528. The van der Waals surface area contributed by atoms with E-state index in [0.717, 1.165) is 16.7 Å². The number of esters is 1. The number of para-hydroxylation sites is 1. The van der Waals surface area contributed by atoms with Crippen molar-refractivity contribution in [2.45, 2.75) is 20.4 Å². The van der Waals surface area contributed by atoms with Gasteiger partial charge in [0.15, 0.2) is 5.84 Å². The number of aromatic nitrogens is 4. The number of amidine groups is 1. The Bertz CT molecular complexity index is 1710. The van der Waals surface area contributed by atoms with Gasteiger partial charge in [-0.1, -0.05) is 59.8 Å². The lowest BCUT2D eigenvalue weighted by Crippen LogP contribution is -2.34. The molecule has 2 aromatic heterocycles. The SMILES string of the molecule is CCOC(=O)c1cccc2nc(OCC)n(Cc3ccc(-c4ccccc4/C(=N/O)NC(=O)n4ccnc4)cc3)c12. The average molecular weight is 553 g/mol. The van der Waals surface area contributed by atoms with Crippen LogP contribution >= 0.6 is 0 Å². The third-order valence-corrected chi connectivity index (χ3v) is 6.35. The lowest BCUT2D eigenvalue weighted by atomic mass is 9.98. The van der Waals surface area contributed by atoms with E-state index in [4.69, 9.17) is 9.47 Å². The molecule has 0 bridgehead atoms. The topological polar surface area (TPSA) is 133 Å². The number of hydrogen-bond donors (Lipinski definition) is 2. The third kappa shape index (κ3) is 5.64. The Labute approximate surface area is 235 Å². The molecule has 0 spiro atoms. The summed E-state index contributed by atoms with van der Waals surface area (Å²) in [6.45, 7) is 4.72. The Morgan fingerprint density at radius 1 is 0.976 bits per heavy atom. The number of benzene rings is 3. The zero-order valence-corrected chi connectivity index (χ0v) is 22.5. The number of carbonyl (C=O) groups is 2. The van der Waals surface area contributed by atoms with Crippen molar-refractivity contribution in [2.24, 2.45) is 5.16 Å². The smallest absolute Gasteiger partial charge is 0.340 e. The van der Waals surface area contributed by atoms with Gasteiger partial charge in [-0.3, -0.25) is 14.5 Å². The van der Waals surface area contributed by atoms with Crippen LogP contribution in [0.15, 0.2) is 90.6 Å². The number of amides is 1. The van der Waals surface area contributed by atoms with Crippen molar-refractivity contribution in [1.29, 1.82) is 0 Å². The second kappa shape index (κ2) is 12.2. The molecule has 1 amide bonds. The fourth-order valence-corrected chi connectivity index (χ4v) is 4.53. The summed E-state index contributed by atoms with van der Waals surface area (Å²) >= 11 is 0. The van der Waals surface area contributed by atoms with E-state index in [0.29, 0.717) is 41.3 Å². The lowest BCUT2D eigenvalue weighted by Gasteiger charge is -2.14. The normalized spacial score (nSPS) is 11.4. The Balaban J connectivity index is 1.46. The molecule has 0 radical (unpaired) electrons. The van der Waals surface area contributed by atoms with Crippen LogP contribution in [0.1, 0.15) is 35.3 Å². The van der Waals surface area contributed by atoms with Crippen molar-refractivity contribution in [3.05, 3.63) is 102 Å². The predicted octanol–water partition coefficient (Wildman–Crippen LogP) is 4.92. The first-order valence-electron chi connectivity index (χ1n) is 13.0. The van der Waals surface area contributed by atoms with Crippen LogP contribution in [0.4, 0.5) is 4.79 Å². The molecule has 11 heteroatoms. The van der Waals surface area contributed by atoms with Crippen LogP contribution in [0.5, 0.6) is 6.01 Å². The number of oxime groups is 1. The van der Waals surface area contributed by atoms with Crippen molar-refractivity contribution in [1.82, 2.24) is 24.4 Å². The number of nitrogens with zero attached hydrogens (tertiary/aromatic N) is 5. The second-order valence-electron chi connectivity index (χ2n) is 8.90. The van der Waals surface area contributed by atoms with Crippen LogP contribution in [-0.2, 0) is 11.3 Å². The van der Waals surface area contributed by atoms with Crippen LogP contribution in [0.2, 0.25) is 0 Å². The number of ether oxygens (including phenoxy) is 2. The first-order chi connectivity index (χ1) is 20.0. The molecule has 2 N–H and O–H groups in total. The summed E-state index contributed by atoms with van der Waals surface area (Å²) in [5, 5.41) is 15.7. The molecule has 0 aliphatic rings. The maximum atomic E-state index is 12.7. The fourth-order valence-electron chi connectivity index (χ4n) is 4.53. The van der Waals surface area contributed by atoms with Crippen molar-refractivity contribution < 1.29 is 24.3 Å². The molecular formula is C30H28N6O5. The number of hydrogen-bond acceptors (Lipinski definition) is 8. The highest BCUT2D eigenvalue weighted by Crippen LogP contribution is 2.29. The summed E-state index contributed by atoms with van der Waals surface area (Å²) in [4.78, 5) is 33.7. The first-order valence-corrected chi connectivity index (χ1v) is 13.0. The standard InChI is InChI=1S/C30H28N6O5/c1-3-40-28(37)24-10-7-11-25-26(24)36(30(32-25)41-4-2)18-20-12-14-21(15-13-20)22-8-5-6-9-23(22)27(34-39)33-29(38)35-17-16-31-19-35/h5-17,19,39H,3-4,18H2,1-2H3,(H,33,34,38). The van der Waals surface area contributed by atoms with Gasteiger partial charge < -0.3 is 14.7 Å². The Kier molecular flexibility index (Phi) is 8.05. The molecule has 0 unspecified atom stereocenters. The summed E-state index contributed by atoms with van der Waals surface area (Å²) in [5.74, 6) is -0.420. The summed E-state index contributed by atoms with van der Waals surface area (Å²) in [6, 6.07) is 20.3. The highest BCUT2D eigenvalue weighted by Gasteiger charge is 2.20. The van der Waals surface area contributed by atoms with Crippen LogP contribution < -0.4 is 10.1 Å². The number of imidazole rings is 2. The van der Waals surface area contributed by atoms with Crippen molar-refractivity contribution >= 4 is 28.9 Å². The van der Waals surface area contributed by atoms with Gasteiger partial charge in [0, 0.05) is 18.0 Å². The van der Waals surface area contributed by atoms with E-state index in [-0.39, 0.29) is 12.4 Å². The van der Waals surface area contributed by atoms with Crippen LogP contribution in [0, 0.1) is 0 Å². The van der Waals surface area contributed by atoms with Crippen molar-refractivity contribution in [3.8, 4) is 17.1 Å². The quantitative estimate of drug-likeness (QED) is 0.0918. The maximum Gasteiger partial charge on any atom is 0.340 e. The number of nitrogens with one attached hydrogen (secondary N) is 1. The zero-order valence-electron chi connectivity index (χ0n) is 22.5. The minimum atomic E-state index is -0.514. The molecular weight excluding hydrogens is 524 g/mol. The monoisotopic (exact) mass is 552 g/mol. The van der Waals surface area contributed by atoms with E-state index < -0.39 is 12.0 Å². The Hall–Kier alpha value is -5.45. The van der Waals surface area contributed by atoms with E-state index in [1.165, 1.54) is 23.3 Å². The molecule has 208 valence electrons. The number of rotatable bonds is 8. The minimum Gasteiger partial charge on any atom is -0.465 e. The molecule has 0 aliphatic heterocycles. The van der Waals surface area contributed by atoms with Crippen molar-refractivity contribution in [3.63, 3.8) is 0 Å². The fraction of sp³-hybridized carbons (Fsp3) is 0.167. The van der Waals surface area contributed by atoms with Gasteiger partial charge in [0.1, 0.15) is 6.33 Å². The van der Waals surface area contributed by atoms with Crippen molar-refractivity contribution in [2.75, 3.05) is 13.2 Å². The molecule has 5 rings (SSSR count). The molecule has 3 aromatic carbocycles. The van der Waals surface area contributed by atoms with E-state index in [9.17, 15) is 14.8 Å².